The minimum absolute atomic E-state index is 0.620. The summed E-state index contributed by atoms with van der Waals surface area (Å²) in [5, 5.41) is 4.91. The van der Waals surface area contributed by atoms with Crippen LogP contribution >= 0.6 is 0 Å². The number of nitrogens with zero attached hydrogens (tertiary/aromatic N) is 2. The predicted octanol–water partition coefficient (Wildman–Crippen LogP) is 17.2. The van der Waals surface area contributed by atoms with Gasteiger partial charge in [0.25, 0.3) is 0 Å². The van der Waals surface area contributed by atoms with Gasteiger partial charge in [0, 0.05) is 33.2 Å². The number of rotatable bonds is 7. The Morgan fingerprint density at radius 3 is 1.71 bits per heavy atom. The molecule has 11 aromatic rings. The van der Waals surface area contributed by atoms with E-state index >= 15 is 0 Å². The molecule has 0 N–H and O–H groups in total. The monoisotopic (exact) mass is 846 g/mol. The molecule has 2 aromatic heterocycles. The minimum Gasteiger partial charge on any atom is -0.456 e. The Labute approximate surface area is 384 Å². The van der Waals surface area contributed by atoms with E-state index < -0.39 is 0 Å². The quantitative estimate of drug-likeness (QED) is 0.159. The summed E-state index contributed by atoms with van der Waals surface area (Å²) in [6.07, 6.45) is 5.68. The van der Waals surface area contributed by atoms with Crippen molar-refractivity contribution < 1.29 is 4.42 Å². The van der Waals surface area contributed by atoms with Gasteiger partial charge in [-0.25, -0.2) is 0 Å². The summed E-state index contributed by atoms with van der Waals surface area (Å²) in [5.41, 5.74) is 20.0. The highest BCUT2D eigenvalue weighted by Crippen LogP contribution is 2.82. The molecule has 4 aliphatic carbocycles. The molecule has 0 aliphatic heterocycles. The maximum Gasteiger partial charge on any atom is 0.137 e. The van der Waals surface area contributed by atoms with E-state index in [1.165, 1.54) is 86.6 Å². The number of hydrogen-bond donors (Lipinski definition) is 0. The van der Waals surface area contributed by atoms with Crippen molar-refractivity contribution >= 4 is 60.8 Å². The van der Waals surface area contributed by atoms with Crippen LogP contribution in [0.5, 0.6) is 0 Å². The molecule has 1 spiro atoms. The first-order valence-corrected chi connectivity index (χ1v) is 23.9. The lowest BCUT2D eigenvalue weighted by Crippen LogP contribution is -2.59. The topological polar surface area (TPSA) is 21.3 Å². The van der Waals surface area contributed by atoms with Crippen molar-refractivity contribution in [3.8, 4) is 39.1 Å². The van der Waals surface area contributed by atoms with Crippen LogP contribution in [0.15, 0.2) is 211 Å². The van der Waals surface area contributed by atoms with Crippen LogP contribution in [-0.2, 0) is 0 Å². The summed E-state index contributed by atoms with van der Waals surface area (Å²) in [6, 6.07) is 75.9. The van der Waals surface area contributed by atoms with Gasteiger partial charge in [-0.3, -0.25) is 0 Å². The van der Waals surface area contributed by atoms with Gasteiger partial charge >= 0.3 is 0 Å². The molecule has 4 aliphatic rings. The molecule has 3 heteroatoms. The highest BCUT2D eigenvalue weighted by atomic mass is 16.3. The van der Waals surface area contributed by atoms with Crippen LogP contribution in [0, 0.1) is 17.3 Å². The number of hydrogen-bond acceptors (Lipinski definition) is 2. The van der Waals surface area contributed by atoms with E-state index in [1.54, 1.807) is 11.1 Å². The largest absolute Gasteiger partial charge is 0.456 e. The maximum absolute atomic E-state index is 6.72. The number of fused-ring (bicyclic) bond motifs is 10. The second kappa shape index (κ2) is 13.7. The summed E-state index contributed by atoms with van der Waals surface area (Å²) in [7, 11) is 0. The van der Waals surface area contributed by atoms with Crippen molar-refractivity contribution in [1.29, 1.82) is 0 Å². The van der Waals surface area contributed by atoms with Crippen LogP contribution < -0.4 is 4.90 Å². The Kier molecular flexibility index (Phi) is 7.62. The van der Waals surface area contributed by atoms with Gasteiger partial charge in [-0.2, -0.15) is 0 Å². The Bertz CT molecular complexity index is 3630. The Morgan fingerprint density at radius 2 is 1.03 bits per heavy atom. The second-order valence-corrected chi connectivity index (χ2v) is 19.7. The van der Waals surface area contributed by atoms with E-state index in [-0.39, 0.29) is 0 Å². The van der Waals surface area contributed by atoms with Crippen LogP contribution in [-0.4, -0.2) is 4.57 Å². The van der Waals surface area contributed by atoms with Gasteiger partial charge in [0.2, 0.25) is 0 Å². The fourth-order valence-electron chi connectivity index (χ4n) is 13.7. The Balaban J connectivity index is 0.889. The summed E-state index contributed by atoms with van der Waals surface area (Å²) >= 11 is 0. The zero-order chi connectivity index (χ0) is 43.1. The van der Waals surface area contributed by atoms with Crippen LogP contribution in [0.3, 0.4) is 0 Å². The Morgan fingerprint density at radius 1 is 0.439 bits per heavy atom. The summed E-state index contributed by atoms with van der Waals surface area (Å²) in [5.74, 6) is 3.38. The average molecular weight is 847 g/mol. The van der Waals surface area contributed by atoms with E-state index in [4.69, 9.17) is 4.42 Å². The third-order valence-electron chi connectivity index (χ3n) is 16.7. The predicted molar refractivity (Wildman–Crippen MR) is 272 cm³/mol. The molecule has 2 heterocycles. The lowest BCUT2D eigenvalue weighted by Gasteiger charge is -2.68. The van der Waals surface area contributed by atoms with Crippen LogP contribution in [0.2, 0.25) is 0 Å². The van der Waals surface area contributed by atoms with Crippen molar-refractivity contribution in [1.82, 2.24) is 4.57 Å². The van der Waals surface area contributed by atoms with E-state index in [9.17, 15) is 0 Å². The molecule has 5 unspecified atom stereocenters. The van der Waals surface area contributed by atoms with Gasteiger partial charge in [0.1, 0.15) is 11.2 Å². The normalized spacial score (nSPS) is 21.2. The van der Waals surface area contributed by atoms with Crippen molar-refractivity contribution in [2.24, 2.45) is 17.3 Å². The fourth-order valence-corrected chi connectivity index (χ4v) is 13.7. The summed E-state index contributed by atoms with van der Waals surface area (Å²) in [4.78, 5) is 2.39. The lowest BCUT2D eigenvalue weighted by molar-refractivity contribution is -0.146. The number of benzene rings is 9. The van der Waals surface area contributed by atoms with Crippen molar-refractivity contribution in [2.75, 3.05) is 4.90 Å². The standard InChI is InChI=1S/C63H46N2O/c1-4-11-39(12-5-1)41-19-25-49(26-20-41)64(50-27-21-42(22-28-50)40-13-6-2-7-14-40)58-17-10-18-61-62(58)55-33-44(24-30-60(55)66-61)43-23-29-57-53(32-43)54-36-51-45-31-46-34-47-35-56(63(46,47)38-45)52(51)37-59(54)65(57)48-15-8-3-9-16-48/h1-30,32-33,36-37,45-47,56H,31,34-35,38H2. The molecular formula is C63H46N2O. The smallest absolute Gasteiger partial charge is 0.137 e. The summed E-state index contributed by atoms with van der Waals surface area (Å²) < 4.78 is 9.25. The van der Waals surface area contributed by atoms with Crippen molar-refractivity contribution in [3.63, 3.8) is 0 Å². The zero-order valence-electron chi connectivity index (χ0n) is 36.6. The minimum atomic E-state index is 0.620. The fraction of sp³-hybridized carbons (Fsp3) is 0.143. The lowest BCUT2D eigenvalue weighted by atomic mass is 9.36. The van der Waals surface area contributed by atoms with Gasteiger partial charge in [-0.15, -0.1) is 0 Å². The van der Waals surface area contributed by atoms with E-state index in [0.29, 0.717) is 11.3 Å². The van der Waals surface area contributed by atoms with Crippen LogP contribution in [0.1, 0.15) is 48.6 Å². The van der Waals surface area contributed by atoms with E-state index in [2.05, 4.69) is 216 Å². The number of anilines is 3. The molecule has 9 aromatic carbocycles. The Hall–Kier alpha value is -7.62. The molecule has 15 rings (SSSR count). The average Bonchev–Trinajstić information content (AvgIpc) is 4.05. The summed E-state index contributed by atoms with van der Waals surface area (Å²) in [6.45, 7) is 0. The molecule has 0 radical (unpaired) electrons. The zero-order valence-corrected chi connectivity index (χ0v) is 36.6. The molecule has 3 fully saturated rings. The first-order chi connectivity index (χ1) is 32.7. The van der Waals surface area contributed by atoms with Gasteiger partial charge < -0.3 is 13.9 Å². The molecule has 2 bridgehead atoms. The molecule has 5 atom stereocenters. The molecule has 0 saturated heterocycles. The van der Waals surface area contributed by atoms with Gasteiger partial charge in [0.15, 0.2) is 0 Å². The van der Waals surface area contributed by atoms with Gasteiger partial charge in [0.05, 0.1) is 22.1 Å². The molecule has 314 valence electrons. The number of para-hydroxylation sites is 1. The molecule has 3 saturated carbocycles. The van der Waals surface area contributed by atoms with Gasteiger partial charge in [-0.1, -0.05) is 121 Å². The van der Waals surface area contributed by atoms with Crippen molar-refractivity contribution in [3.05, 3.63) is 217 Å². The molecule has 0 amide bonds. The molecular weight excluding hydrogens is 801 g/mol. The molecule has 66 heavy (non-hydrogen) atoms. The first kappa shape index (κ1) is 36.7. The van der Waals surface area contributed by atoms with E-state index in [1.807, 2.05) is 0 Å². The third-order valence-corrected chi connectivity index (χ3v) is 16.7. The van der Waals surface area contributed by atoms with Crippen LogP contribution in [0.4, 0.5) is 17.1 Å². The SMILES string of the molecule is c1ccc(-c2ccc(N(c3ccc(-c4ccccc4)cc3)c3cccc4oc5ccc(-c6ccc7c(c6)c6cc8c(cc6n7-c6ccccc6)C6CC7CC9CC8CC976)cc5c34)cc2)cc1. The van der Waals surface area contributed by atoms with E-state index in [0.717, 1.165) is 56.8 Å². The first-order valence-electron chi connectivity index (χ1n) is 23.9. The van der Waals surface area contributed by atoms with Crippen molar-refractivity contribution in [2.45, 2.75) is 37.5 Å². The third kappa shape index (κ3) is 5.14. The molecule has 3 nitrogen and oxygen atoms in total. The highest BCUT2D eigenvalue weighted by molar-refractivity contribution is 6.15. The number of aromatic nitrogens is 1. The van der Waals surface area contributed by atoms with Crippen LogP contribution in [0.25, 0.3) is 82.8 Å². The number of furan rings is 1. The highest BCUT2D eigenvalue weighted by Gasteiger charge is 2.72. The van der Waals surface area contributed by atoms with Gasteiger partial charge in [-0.05, 0) is 184 Å². The second-order valence-electron chi connectivity index (χ2n) is 19.7. The maximum atomic E-state index is 6.72.